The first-order chi connectivity index (χ1) is 7.75. The smallest absolute Gasteiger partial charge is 0.173 e. The summed E-state index contributed by atoms with van der Waals surface area (Å²) in [6, 6.07) is 7.57. The molecule has 2 rings (SSSR count). The molecule has 16 heavy (non-hydrogen) atoms. The predicted octanol–water partition coefficient (Wildman–Crippen LogP) is 3.12. The summed E-state index contributed by atoms with van der Waals surface area (Å²) in [5, 5.41) is 0. The molecule has 82 valence electrons. The number of hydrogen-bond acceptors (Lipinski definition) is 5. The number of halogens is 1. The number of nitrogens with zero attached hydrogens (tertiary/aromatic N) is 2. The number of thioether (sulfide) groups is 1. The van der Waals surface area contributed by atoms with Gasteiger partial charge < -0.3 is 0 Å². The Balaban J connectivity index is 1.95. The Morgan fingerprint density at radius 2 is 2.12 bits per heavy atom. The van der Waals surface area contributed by atoms with E-state index < -0.39 is 0 Å². The number of carbonyl (C=O) groups excluding carboxylic acids is 1. The molecule has 0 aliphatic rings. The number of hydrogen-bond donors (Lipinski definition) is 0. The molecule has 0 spiro atoms. The van der Waals surface area contributed by atoms with E-state index in [-0.39, 0.29) is 5.78 Å². The summed E-state index contributed by atoms with van der Waals surface area (Å²) in [4.78, 5) is 15.8. The molecule has 0 saturated carbocycles. The molecule has 0 fully saturated rings. The van der Waals surface area contributed by atoms with Crippen molar-refractivity contribution in [2.75, 3.05) is 5.75 Å². The van der Waals surface area contributed by atoms with Crippen LogP contribution in [0, 0.1) is 3.57 Å². The number of aromatic nitrogens is 2. The number of benzene rings is 1. The summed E-state index contributed by atoms with van der Waals surface area (Å²) < 4.78 is 5.84. The standard InChI is InChI=1S/C10H7IN2OS2/c11-8-3-1-7(2-4-8)9(14)5-15-10-12-6-13-16-10/h1-4,6H,5H2. The predicted molar refractivity (Wildman–Crippen MR) is 74.1 cm³/mol. The molecular formula is C10H7IN2OS2. The zero-order chi connectivity index (χ0) is 11.4. The quantitative estimate of drug-likeness (QED) is 0.476. The first kappa shape index (κ1) is 12.0. The SMILES string of the molecule is O=C(CSc1ncns1)c1ccc(I)cc1. The van der Waals surface area contributed by atoms with Crippen molar-refractivity contribution in [3.8, 4) is 0 Å². The van der Waals surface area contributed by atoms with E-state index in [1.54, 1.807) is 0 Å². The Bertz CT molecular complexity index is 470. The highest BCUT2D eigenvalue weighted by molar-refractivity contribution is 14.1. The fourth-order valence-corrected chi connectivity index (χ4v) is 2.77. The van der Waals surface area contributed by atoms with Crippen LogP contribution in [0.15, 0.2) is 34.9 Å². The van der Waals surface area contributed by atoms with E-state index in [0.29, 0.717) is 5.75 Å². The maximum absolute atomic E-state index is 11.8. The first-order valence-electron chi connectivity index (χ1n) is 4.44. The van der Waals surface area contributed by atoms with Crippen molar-refractivity contribution in [2.45, 2.75) is 4.34 Å². The van der Waals surface area contributed by atoms with Crippen LogP contribution in [0.5, 0.6) is 0 Å². The molecule has 2 aromatic rings. The molecule has 0 bridgehead atoms. The molecule has 1 aromatic carbocycles. The normalized spacial score (nSPS) is 10.3. The molecule has 0 atom stereocenters. The van der Waals surface area contributed by atoms with Gasteiger partial charge >= 0.3 is 0 Å². The van der Waals surface area contributed by atoms with Gasteiger partial charge in [-0.15, -0.1) is 0 Å². The maximum atomic E-state index is 11.8. The average Bonchev–Trinajstić information content (AvgIpc) is 2.80. The average molecular weight is 362 g/mol. The molecule has 0 saturated heterocycles. The second-order valence-corrected chi connectivity index (χ2v) is 6.17. The van der Waals surface area contributed by atoms with Crippen molar-refractivity contribution < 1.29 is 4.79 Å². The molecule has 0 amide bonds. The second-order valence-electron chi connectivity index (χ2n) is 2.93. The van der Waals surface area contributed by atoms with Crippen LogP contribution in [0.4, 0.5) is 0 Å². The number of Topliss-reactive ketones (excluding diaryl/α,β-unsaturated/α-hetero) is 1. The van der Waals surface area contributed by atoms with Gasteiger partial charge in [0.05, 0.1) is 5.75 Å². The van der Waals surface area contributed by atoms with Crippen LogP contribution in [0.2, 0.25) is 0 Å². The monoisotopic (exact) mass is 362 g/mol. The molecule has 0 unspecified atom stereocenters. The van der Waals surface area contributed by atoms with Crippen LogP contribution in [0.1, 0.15) is 10.4 Å². The van der Waals surface area contributed by atoms with E-state index >= 15 is 0 Å². The van der Waals surface area contributed by atoms with Gasteiger partial charge in [0, 0.05) is 9.13 Å². The van der Waals surface area contributed by atoms with Crippen molar-refractivity contribution in [3.05, 3.63) is 39.7 Å². The molecule has 6 heteroatoms. The lowest BCUT2D eigenvalue weighted by Gasteiger charge is -1.99. The number of ketones is 1. The van der Waals surface area contributed by atoms with Gasteiger partial charge in [0.25, 0.3) is 0 Å². The van der Waals surface area contributed by atoms with Crippen LogP contribution < -0.4 is 0 Å². The highest BCUT2D eigenvalue weighted by Gasteiger charge is 2.07. The van der Waals surface area contributed by atoms with Crippen LogP contribution >= 0.6 is 45.9 Å². The molecule has 1 heterocycles. The number of carbonyl (C=O) groups is 1. The molecule has 3 nitrogen and oxygen atoms in total. The third-order valence-electron chi connectivity index (χ3n) is 1.83. The Kier molecular flexibility index (Phi) is 4.30. The molecule has 0 aliphatic carbocycles. The molecule has 1 aromatic heterocycles. The second kappa shape index (κ2) is 5.74. The van der Waals surface area contributed by atoms with Crippen LogP contribution in [-0.2, 0) is 0 Å². The molecule has 0 aliphatic heterocycles. The van der Waals surface area contributed by atoms with E-state index in [9.17, 15) is 4.79 Å². The summed E-state index contributed by atoms with van der Waals surface area (Å²) in [5.41, 5.74) is 0.748. The zero-order valence-electron chi connectivity index (χ0n) is 8.09. The molecule has 0 N–H and O–H groups in total. The Morgan fingerprint density at radius 3 is 2.75 bits per heavy atom. The fraction of sp³-hybridized carbons (Fsp3) is 0.100. The topological polar surface area (TPSA) is 42.9 Å². The summed E-state index contributed by atoms with van der Waals surface area (Å²) in [7, 11) is 0. The summed E-state index contributed by atoms with van der Waals surface area (Å²) >= 11 is 4.96. The lowest BCUT2D eigenvalue weighted by molar-refractivity contribution is 0.102. The summed E-state index contributed by atoms with van der Waals surface area (Å²) in [6.07, 6.45) is 1.50. The fourth-order valence-electron chi connectivity index (χ4n) is 1.07. The van der Waals surface area contributed by atoms with Gasteiger partial charge in [-0.2, -0.15) is 4.37 Å². The minimum Gasteiger partial charge on any atom is -0.293 e. The van der Waals surface area contributed by atoms with E-state index in [1.165, 1.54) is 29.6 Å². The third-order valence-corrected chi connectivity index (χ3v) is 4.35. The highest BCUT2D eigenvalue weighted by Crippen LogP contribution is 2.19. The first-order valence-corrected chi connectivity index (χ1v) is 7.28. The third kappa shape index (κ3) is 3.26. The highest BCUT2D eigenvalue weighted by atomic mass is 127. The zero-order valence-corrected chi connectivity index (χ0v) is 11.9. The van der Waals surface area contributed by atoms with Crippen molar-refractivity contribution >= 4 is 51.7 Å². The Labute approximate surface area is 115 Å². The van der Waals surface area contributed by atoms with Crippen molar-refractivity contribution in [1.29, 1.82) is 0 Å². The Hall–Kier alpha value is -0.470. The largest absolute Gasteiger partial charge is 0.293 e. The minimum atomic E-state index is 0.122. The van der Waals surface area contributed by atoms with Crippen molar-refractivity contribution in [3.63, 3.8) is 0 Å². The van der Waals surface area contributed by atoms with Gasteiger partial charge in [-0.1, -0.05) is 23.9 Å². The minimum absolute atomic E-state index is 0.122. The van der Waals surface area contributed by atoms with Gasteiger partial charge in [0.2, 0.25) is 0 Å². The number of rotatable bonds is 4. The lowest BCUT2D eigenvalue weighted by Crippen LogP contribution is -2.01. The van der Waals surface area contributed by atoms with Crippen molar-refractivity contribution in [2.24, 2.45) is 0 Å². The molecule has 0 radical (unpaired) electrons. The van der Waals surface area contributed by atoms with Gasteiger partial charge in [0.1, 0.15) is 6.33 Å². The van der Waals surface area contributed by atoms with Gasteiger partial charge in [-0.3, -0.25) is 4.79 Å². The maximum Gasteiger partial charge on any atom is 0.173 e. The van der Waals surface area contributed by atoms with Crippen LogP contribution in [0.25, 0.3) is 0 Å². The summed E-state index contributed by atoms with van der Waals surface area (Å²) in [6.45, 7) is 0. The van der Waals surface area contributed by atoms with Gasteiger partial charge in [-0.25, -0.2) is 4.98 Å². The van der Waals surface area contributed by atoms with Gasteiger partial charge in [-0.05, 0) is 46.3 Å². The van der Waals surface area contributed by atoms with E-state index in [4.69, 9.17) is 0 Å². The van der Waals surface area contributed by atoms with Crippen molar-refractivity contribution in [1.82, 2.24) is 9.36 Å². The summed E-state index contributed by atoms with van der Waals surface area (Å²) in [5.74, 6) is 0.534. The van der Waals surface area contributed by atoms with Crippen LogP contribution in [0.3, 0.4) is 0 Å². The Morgan fingerprint density at radius 1 is 1.38 bits per heavy atom. The van der Waals surface area contributed by atoms with E-state index in [1.807, 2.05) is 24.3 Å². The van der Waals surface area contributed by atoms with Gasteiger partial charge in [0.15, 0.2) is 10.1 Å². The molecular weight excluding hydrogens is 355 g/mol. The van der Waals surface area contributed by atoms with Crippen LogP contribution in [-0.4, -0.2) is 20.9 Å². The lowest BCUT2D eigenvalue weighted by atomic mass is 10.2. The van der Waals surface area contributed by atoms with E-state index in [0.717, 1.165) is 13.5 Å². The van der Waals surface area contributed by atoms with E-state index in [2.05, 4.69) is 31.9 Å².